The predicted molar refractivity (Wildman–Crippen MR) is 78.8 cm³/mol. The number of carboxylic acids is 1. The van der Waals surface area contributed by atoms with Crippen LogP contribution >= 0.6 is 0 Å². The summed E-state index contributed by atoms with van der Waals surface area (Å²) < 4.78 is 0. The number of anilines is 1. The maximum absolute atomic E-state index is 10.8. The van der Waals surface area contributed by atoms with Crippen molar-refractivity contribution in [2.24, 2.45) is 5.92 Å². The lowest BCUT2D eigenvalue weighted by atomic mass is 10.0. The maximum Gasteiger partial charge on any atom is 0.303 e. The molecule has 106 valence electrons. The van der Waals surface area contributed by atoms with Crippen LogP contribution in [-0.2, 0) is 4.79 Å². The number of rotatable bonds is 6. The molecule has 0 amide bonds. The number of nitrogens with zero attached hydrogens (tertiary/aromatic N) is 2. The first kappa shape index (κ1) is 14.2. The molecule has 1 atom stereocenters. The minimum Gasteiger partial charge on any atom is -0.481 e. The topological polar surface area (TPSA) is 75.1 Å². The molecule has 0 saturated carbocycles. The SMILES string of the molecule is CCC(CNc1nnc(C)c2ccccc12)CC(=O)O. The Balaban J connectivity index is 2.18. The van der Waals surface area contributed by atoms with Crippen molar-refractivity contribution < 1.29 is 9.90 Å². The van der Waals surface area contributed by atoms with Crippen LogP contribution < -0.4 is 5.32 Å². The number of aryl methyl sites for hydroxylation is 1. The molecular weight excluding hydrogens is 254 g/mol. The molecule has 0 radical (unpaired) electrons. The Kier molecular flexibility index (Phi) is 4.50. The van der Waals surface area contributed by atoms with Crippen LogP contribution in [0, 0.1) is 12.8 Å². The summed E-state index contributed by atoms with van der Waals surface area (Å²) in [6.07, 6.45) is 0.983. The molecule has 2 N–H and O–H groups in total. The molecule has 1 aromatic carbocycles. The van der Waals surface area contributed by atoms with Gasteiger partial charge >= 0.3 is 5.97 Å². The molecule has 1 aromatic heterocycles. The second-order valence-corrected chi connectivity index (χ2v) is 4.93. The van der Waals surface area contributed by atoms with Gasteiger partial charge in [0.25, 0.3) is 0 Å². The molecule has 5 heteroatoms. The zero-order valence-electron chi connectivity index (χ0n) is 11.8. The fourth-order valence-electron chi connectivity index (χ4n) is 2.22. The number of fused-ring (bicyclic) bond motifs is 1. The number of nitrogens with one attached hydrogen (secondary N) is 1. The predicted octanol–water partition coefficient (Wildman–Crippen LogP) is 2.85. The number of carboxylic acid groups (broad SMARTS) is 1. The van der Waals surface area contributed by atoms with Crippen LogP contribution in [0.1, 0.15) is 25.5 Å². The van der Waals surface area contributed by atoms with E-state index in [-0.39, 0.29) is 12.3 Å². The number of aliphatic carboxylic acids is 1. The highest BCUT2D eigenvalue weighted by Crippen LogP contribution is 2.22. The second-order valence-electron chi connectivity index (χ2n) is 4.93. The summed E-state index contributed by atoms with van der Waals surface area (Å²) in [5.41, 5.74) is 0.892. The number of hydrogen-bond acceptors (Lipinski definition) is 4. The summed E-state index contributed by atoms with van der Waals surface area (Å²) in [4.78, 5) is 10.8. The van der Waals surface area contributed by atoms with Crippen molar-refractivity contribution >= 4 is 22.6 Å². The van der Waals surface area contributed by atoms with Crippen molar-refractivity contribution in [1.29, 1.82) is 0 Å². The summed E-state index contributed by atoms with van der Waals surface area (Å²) in [5, 5.41) is 22.5. The molecule has 1 unspecified atom stereocenters. The van der Waals surface area contributed by atoms with Crippen molar-refractivity contribution in [2.45, 2.75) is 26.7 Å². The van der Waals surface area contributed by atoms with E-state index in [1.54, 1.807) is 0 Å². The van der Waals surface area contributed by atoms with E-state index in [4.69, 9.17) is 5.11 Å². The Morgan fingerprint density at radius 3 is 2.65 bits per heavy atom. The fourth-order valence-corrected chi connectivity index (χ4v) is 2.22. The van der Waals surface area contributed by atoms with Gasteiger partial charge in [-0.25, -0.2) is 0 Å². The molecule has 0 aliphatic rings. The quantitative estimate of drug-likeness (QED) is 0.846. The molecule has 0 bridgehead atoms. The molecule has 5 nitrogen and oxygen atoms in total. The van der Waals surface area contributed by atoms with Gasteiger partial charge in [-0.3, -0.25) is 4.79 Å². The summed E-state index contributed by atoms with van der Waals surface area (Å²) in [7, 11) is 0. The number of aromatic nitrogens is 2. The van der Waals surface area contributed by atoms with E-state index in [1.807, 2.05) is 38.1 Å². The van der Waals surface area contributed by atoms with Gasteiger partial charge in [0.05, 0.1) is 5.69 Å². The Morgan fingerprint density at radius 2 is 2.00 bits per heavy atom. The summed E-state index contributed by atoms with van der Waals surface area (Å²) in [6, 6.07) is 7.94. The van der Waals surface area contributed by atoms with Crippen LogP contribution in [-0.4, -0.2) is 27.8 Å². The van der Waals surface area contributed by atoms with Gasteiger partial charge in [-0.2, -0.15) is 5.10 Å². The average Bonchev–Trinajstić information content (AvgIpc) is 2.45. The van der Waals surface area contributed by atoms with Crippen LogP contribution in [0.4, 0.5) is 5.82 Å². The molecule has 2 aromatic rings. The van der Waals surface area contributed by atoms with Crippen LogP contribution in [0.25, 0.3) is 10.8 Å². The van der Waals surface area contributed by atoms with E-state index in [2.05, 4.69) is 15.5 Å². The standard InChI is InChI=1S/C15H19N3O2/c1-3-11(8-14(19)20)9-16-15-13-7-5-4-6-12(13)10(2)17-18-15/h4-7,11H,3,8-9H2,1-2H3,(H,16,18)(H,19,20). The van der Waals surface area contributed by atoms with Gasteiger partial charge in [0.2, 0.25) is 0 Å². The average molecular weight is 273 g/mol. The molecule has 0 fully saturated rings. The third-order valence-corrected chi connectivity index (χ3v) is 3.47. The third kappa shape index (κ3) is 3.23. The van der Waals surface area contributed by atoms with Crippen molar-refractivity contribution in [1.82, 2.24) is 10.2 Å². The Hall–Kier alpha value is -2.17. The highest BCUT2D eigenvalue weighted by atomic mass is 16.4. The fraction of sp³-hybridized carbons (Fsp3) is 0.400. The molecule has 1 heterocycles. The van der Waals surface area contributed by atoms with E-state index in [1.165, 1.54) is 0 Å². The van der Waals surface area contributed by atoms with Crippen LogP contribution in [0.5, 0.6) is 0 Å². The van der Waals surface area contributed by atoms with Crippen molar-refractivity contribution in [3.8, 4) is 0 Å². The van der Waals surface area contributed by atoms with Crippen molar-refractivity contribution in [3.05, 3.63) is 30.0 Å². The summed E-state index contributed by atoms with van der Waals surface area (Å²) in [5.74, 6) is 0.0444. The number of hydrogen-bond donors (Lipinski definition) is 2. The van der Waals surface area contributed by atoms with Gasteiger partial charge in [0.1, 0.15) is 0 Å². The van der Waals surface area contributed by atoms with E-state index >= 15 is 0 Å². The first-order chi connectivity index (χ1) is 9.61. The van der Waals surface area contributed by atoms with Gasteiger partial charge in [-0.1, -0.05) is 37.6 Å². The van der Waals surface area contributed by atoms with Gasteiger partial charge in [0.15, 0.2) is 5.82 Å². The molecular formula is C15H19N3O2. The van der Waals surface area contributed by atoms with E-state index in [9.17, 15) is 4.79 Å². The Morgan fingerprint density at radius 1 is 1.30 bits per heavy atom. The largest absolute Gasteiger partial charge is 0.481 e. The monoisotopic (exact) mass is 273 g/mol. The van der Waals surface area contributed by atoms with Crippen molar-refractivity contribution in [3.63, 3.8) is 0 Å². The van der Waals surface area contributed by atoms with E-state index < -0.39 is 5.97 Å². The van der Waals surface area contributed by atoms with Crippen LogP contribution in [0.2, 0.25) is 0 Å². The van der Waals surface area contributed by atoms with Crippen LogP contribution in [0.15, 0.2) is 24.3 Å². The van der Waals surface area contributed by atoms with Crippen LogP contribution in [0.3, 0.4) is 0 Å². The lowest BCUT2D eigenvalue weighted by Crippen LogP contribution is -2.18. The van der Waals surface area contributed by atoms with E-state index in [0.29, 0.717) is 6.54 Å². The second kappa shape index (κ2) is 6.32. The minimum atomic E-state index is -0.765. The molecule has 0 spiro atoms. The summed E-state index contributed by atoms with van der Waals surface area (Å²) in [6.45, 7) is 4.51. The van der Waals surface area contributed by atoms with Gasteiger partial charge in [0, 0.05) is 23.7 Å². The Labute approximate surface area is 118 Å². The maximum atomic E-state index is 10.8. The molecule has 0 saturated heterocycles. The van der Waals surface area contributed by atoms with Gasteiger partial charge in [-0.15, -0.1) is 5.10 Å². The zero-order chi connectivity index (χ0) is 14.5. The molecule has 2 rings (SSSR count). The lowest BCUT2D eigenvalue weighted by molar-refractivity contribution is -0.138. The van der Waals surface area contributed by atoms with Gasteiger partial charge in [-0.05, 0) is 12.8 Å². The highest BCUT2D eigenvalue weighted by molar-refractivity contribution is 5.92. The first-order valence-electron chi connectivity index (χ1n) is 6.79. The first-order valence-corrected chi connectivity index (χ1v) is 6.79. The third-order valence-electron chi connectivity index (χ3n) is 3.47. The van der Waals surface area contributed by atoms with E-state index in [0.717, 1.165) is 28.7 Å². The molecule has 20 heavy (non-hydrogen) atoms. The normalized spacial score (nSPS) is 12.3. The molecule has 0 aliphatic heterocycles. The Bertz CT molecular complexity index is 613. The highest BCUT2D eigenvalue weighted by Gasteiger charge is 2.12. The van der Waals surface area contributed by atoms with Crippen molar-refractivity contribution in [2.75, 3.05) is 11.9 Å². The minimum absolute atomic E-state index is 0.0920. The molecule has 0 aliphatic carbocycles. The smallest absolute Gasteiger partial charge is 0.303 e. The summed E-state index contributed by atoms with van der Waals surface area (Å²) >= 11 is 0. The van der Waals surface area contributed by atoms with Gasteiger partial charge < -0.3 is 10.4 Å². The lowest BCUT2D eigenvalue weighted by Gasteiger charge is -2.15. The number of benzene rings is 1. The zero-order valence-corrected chi connectivity index (χ0v) is 11.8. The number of carbonyl (C=O) groups is 1.